The van der Waals surface area contributed by atoms with Gasteiger partial charge in [0.15, 0.2) is 0 Å². The third kappa shape index (κ3) is 3.31. The van der Waals surface area contributed by atoms with Gasteiger partial charge in [0, 0.05) is 12.1 Å². The standard InChI is InChI=1S/C6H4N2O5.K/c9-6-2-4(7(10)11)1-5(3-6)8(12)13;/h1-3,9H;/q;+1/p-1. The van der Waals surface area contributed by atoms with E-state index in [9.17, 15) is 25.3 Å². The van der Waals surface area contributed by atoms with Crippen molar-refractivity contribution >= 4 is 11.4 Å². The van der Waals surface area contributed by atoms with E-state index in [4.69, 9.17) is 0 Å². The van der Waals surface area contributed by atoms with E-state index in [1.54, 1.807) is 0 Å². The molecular formula is C6H3KN2O5. The third-order valence-corrected chi connectivity index (χ3v) is 1.30. The molecule has 0 spiro atoms. The van der Waals surface area contributed by atoms with Crippen molar-refractivity contribution in [2.24, 2.45) is 0 Å². The van der Waals surface area contributed by atoms with Crippen molar-refractivity contribution in [3.8, 4) is 5.75 Å². The van der Waals surface area contributed by atoms with Crippen LogP contribution in [0.5, 0.6) is 5.75 Å². The molecule has 0 radical (unpaired) electrons. The largest absolute Gasteiger partial charge is 1.00 e. The van der Waals surface area contributed by atoms with Crippen LogP contribution in [0, 0.1) is 20.2 Å². The molecule has 1 aromatic carbocycles. The Balaban J connectivity index is 0.00000169. The summed E-state index contributed by atoms with van der Waals surface area (Å²) in [4.78, 5) is 18.6. The minimum Gasteiger partial charge on any atom is -0.872 e. The second-order valence-corrected chi connectivity index (χ2v) is 2.20. The molecule has 0 fully saturated rings. The van der Waals surface area contributed by atoms with Gasteiger partial charge in [-0.15, -0.1) is 0 Å². The van der Waals surface area contributed by atoms with Crippen LogP contribution >= 0.6 is 0 Å². The van der Waals surface area contributed by atoms with Crippen LogP contribution in [0.2, 0.25) is 0 Å². The molecule has 0 saturated carbocycles. The van der Waals surface area contributed by atoms with Crippen molar-refractivity contribution in [1.29, 1.82) is 0 Å². The average molecular weight is 222 g/mol. The van der Waals surface area contributed by atoms with E-state index in [-0.39, 0.29) is 51.4 Å². The number of rotatable bonds is 2. The van der Waals surface area contributed by atoms with E-state index >= 15 is 0 Å². The van der Waals surface area contributed by atoms with Crippen LogP contribution in [0.3, 0.4) is 0 Å². The molecule has 0 aliphatic rings. The molecule has 8 heteroatoms. The van der Waals surface area contributed by atoms with Gasteiger partial charge in [0.25, 0.3) is 11.4 Å². The number of hydrogen-bond donors (Lipinski definition) is 0. The van der Waals surface area contributed by atoms with Gasteiger partial charge in [-0.05, 0) is 0 Å². The van der Waals surface area contributed by atoms with E-state index in [2.05, 4.69) is 0 Å². The topological polar surface area (TPSA) is 109 Å². The van der Waals surface area contributed by atoms with Crippen LogP contribution < -0.4 is 56.5 Å². The monoisotopic (exact) mass is 222 g/mol. The van der Waals surface area contributed by atoms with Crippen LogP contribution in [0.15, 0.2) is 18.2 Å². The molecule has 1 aromatic rings. The molecule has 0 bridgehead atoms. The summed E-state index contributed by atoms with van der Waals surface area (Å²) in [6.07, 6.45) is 0. The molecule has 14 heavy (non-hydrogen) atoms. The molecule has 0 atom stereocenters. The molecule has 0 N–H and O–H groups in total. The molecular weight excluding hydrogens is 219 g/mol. The summed E-state index contributed by atoms with van der Waals surface area (Å²) in [5, 5.41) is 31.1. The SMILES string of the molecule is O=[N+]([O-])c1cc([O-])cc([N+](=O)[O-])c1.[K+]. The van der Waals surface area contributed by atoms with E-state index in [1.807, 2.05) is 0 Å². The fourth-order valence-electron chi connectivity index (χ4n) is 0.779. The number of nitrogens with zero attached hydrogens (tertiary/aromatic N) is 2. The molecule has 1 rings (SSSR count). The normalized spacial score (nSPS) is 8.86. The van der Waals surface area contributed by atoms with Gasteiger partial charge in [-0.2, -0.15) is 0 Å². The maximum absolute atomic E-state index is 10.7. The summed E-state index contributed by atoms with van der Waals surface area (Å²) in [5.41, 5.74) is -1.14. The molecule has 0 aromatic heterocycles. The van der Waals surface area contributed by atoms with E-state index in [0.717, 1.165) is 18.2 Å². The molecule has 0 saturated heterocycles. The zero-order chi connectivity index (χ0) is 10.0. The first kappa shape index (κ1) is 13.5. The molecule has 7 nitrogen and oxygen atoms in total. The summed E-state index contributed by atoms with van der Waals surface area (Å²) in [5.74, 6) is -0.749. The van der Waals surface area contributed by atoms with Crippen LogP contribution in [-0.4, -0.2) is 9.85 Å². The van der Waals surface area contributed by atoms with Gasteiger partial charge in [0.05, 0.1) is 15.9 Å². The zero-order valence-corrected chi connectivity index (χ0v) is 10.3. The molecule has 0 unspecified atom stereocenters. The third-order valence-electron chi connectivity index (χ3n) is 1.30. The molecule has 68 valence electrons. The van der Waals surface area contributed by atoms with Gasteiger partial charge >= 0.3 is 51.4 Å². The quantitative estimate of drug-likeness (QED) is 0.314. The van der Waals surface area contributed by atoms with Crippen LogP contribution in [-0.2, 0) is 0 Å². The summed E-state index contributed by atoms with van der Waals surface area (Å²) in [7, 11) is 0. The Hall–Kier alpha value is -0.544. The fourth-order valence-corrected chi connectivity index (χ4v) is 0.779. The Morgan fingerprint density at radius 1 is 0.929 bits per heavy atom. The summed E-state index contributed by atoms with van der Waals surface area (Å²) in [6, 6.07) is 2.20. The summed E-state index contributed by atoms with van der Waals surface area (Å²) >= 11 is 0. The number of hydrogen-bond acceptors (Lipinski definition) is 5. The number of nitro groups is 2. The van der Waals surface area contributed by atoms with E-state index in [1.165, 1.54) is 0 Å². The van der Waals surface area contributed by atoms with Gasteiger partial charge in [-0.25, -0.2) is 0 Å². The summed E-state index contributed by atoms with van der Waals surface area (Å²) in [6.45, 7) is 0. The van der Waals surface area contributed by atoms with Crippen molar-refractivity contribution in [2.75, 3.05) is 0 Å². The molecule has 0 amide bonds. The Bertz CT molecular complexity index is 348. The van der Waals surface area contributed by atoms with Crippen molar-refractivity contribution < 1.29 is 66.3 Å². The number of nitro benzene ring substituents is 2. The zero-order valence-electron chi connectivity index (χ0n) is 7.17. The summed E-state index contributed by atoms with van der Waals surface area (Å²) < 4.78 is 0. The van der Waals surface area contributed by atoms with Crippen molar-refractivity contribution in [3.05, 3.63) is 38.4 Å². The molecule has 0 heterocycles. The maximum Gasteiger partial charge on any atom is 1.00 e. The van der Waals surface area contributed by atoms with Crippen molar-refractivity contribution in [3.63, 3.8) is 0 Å². The second kappa shape index (κ2) is 5.37. The van der Waals surface area contributed by atoms with Gasteiger partial charge < -0.3 is 5.11 Å². The van der Waals surface area contributed by atoms with E-state index in [0.29, 0.717) is 0 Å². The van der Waals surface area contributed by atoms with Crippen LogP contribution in [0.25, 0.3) is 0 Å². The number of benzene rings is 1. The first-order chi connectivity index (χ1) is 6.00. The van der Waals surface area contributed by atoms with Crippen LogP contribution in [0.1, 0.15) is 0 Å². The fraction of sp³-hybridized carbons (Fsp3) is 0. The Morgan fingerprint density at radius 2 is 1.29 bits per heavy atom. The predicted molar refractivity (Wildman–Crippen MR) is 39.2 cm³/mol. The molecule has 0 aliphatic heterocycles. The Morgan fingerprint density at radius 3 is 1.57 bits per heavy atom. The van der Waals surface area contributed by atoms with Gasteiger partial charge in [-0.1, -0.05) is 5.75 Å². The first-order valence-corrected chi connectivity index (χ1v) is 3.11. The average Bonchev–Trinajstić information content (AvgIpc) is 2.03. The van der Waals surface area contributed by atoms with Gasteiger partial charge in [0.2, 0.25) is 0 Å². The van der Waals surface area contributed by atoms with E-state index < -0.39 is 27.0 Å². The second-order valence-electron chi connectivity index (χ2n) is 2.20. The van der Waals surface area contributed by atoms with Crippen LogP contribution in [0.4, 0.5) is 11.4 Å². The van der Waals surface area contributed by atoms with Gasteiger partial charge in [-0.3, -0.25) is 20.2 Å². The maximum atomic E-state index is 10.7. The van der Waals surface area contributed by atoms with Crippen molar-refractivity contribution in [2.45, 2.75) is 0 Å². The Kier molecular flexibility index (Phi) is 5.16. The van der Waals surface area contributed by atoms with Gasteiger partial charge in [0.1, 0.15) is 0 Å². The molecule has 0 aliphatic carbocycles. The van der Waals surface area contributed by atoms with Crippen molar-refractivity contribution in [1.82, 2.24) is 0 Å². The first-order valence-electron chi connectivity index (χ1n) is 3.11. The number of non-ortho nitro benzene ring substituents is 2. The Labute approximate surface area is 120 Å². The minimum atomic E-state index is -0.853. The predicted octanol–water partition coefficient (Wildman–Crippen LogP) is -2.42. The smallest absolute Gasteiger partial charge is 0.872 e. The minimum absolute atomic E-state index is 0.